The number of carbonyl (C=O) groups excluding carboxylic acids is 1. The number of rotatable bonds is 5. The molecule has 0 unspecified atom stereocenters. The molecule has 1 fully saturated rings. The maximum absolute atomic E-state index is 14.2. The molecule has 1 aromatic carbocycles. The number of piperidine rings is 1. The van der Waals surface area contributed by atoms with Gasteiger partial charge in [-0.2, -0.15) is 0 Å². The number of pyridine rings is 2. The van der Waals surface area contributed by atoms with Crippen molar-refractivity contribution < 1.29 is 18.7 Å². The zero-order valence-corrected chi connectivity index (χ0v) is 17.2. The van der Waals surface area contributed by atoms with Gasteiger partial charge in [0.25, 0.3) is 0 Å². The van der Waals surface area contributed by atoms with Crippen molar-refractivity contribution >= 4 is 17.2 Å². The Hall–Kier alpha value is -3.43. The van der Waals surface area contributed by atoms with Crippen LogP contribution in [-0.4, -0.2) is 46.1 Å². The Balaban J connectivity index is 1.63. The number of nitrogens with zero attached hydrogens (tertiary/aromatic N) is 3. The smallest absolute Gasteiger partial charge is 0.187 e. The Morgan fingerprint density at radius 2 is 1.94 bits per heavy atom. The summed E-state index contributed by atoms with van der Waals surface area (Å²) in [6.45, 7) is 1.03. The van der Waals surface area contributed by atoms with Crippen molar-refractivity contribution in [3.63, 3.8) is 0 Å². The van der Waals surface area contributed by atoms with Gasteiger partial charge >= 0.3 is 0 Å². The predicted molar refractivity (Wildman–Crippen MR) is 117 cm³/mol. The summed E-state index contributed by atoms with van der Waals surface area (Å²) in [5, 5.41) is 9.90. The molecule has 4 rings (SSSR count). The highest BCUT2D eigenvalue weighted by atomic mass is 19.1. The number of nitrogen functional groups attached to an aromatic ring is 1. The molecule has 5 N–H and O–H groups in total. The van der Waals surface area contributed by atoms with E-state index in [1.54, 1.807) is 18.5 Å². The highest BCUT2D eigenvalue weighted by Crippen LogP contribution is 2.28. The molecule has 32 heavy (non-hydrogen) atoms. The van der Waals surface area contributed by atoms with Crippen molar-refractivity contribution in [2.75, 3.05) is 23.7 Å². The molecule has 1 aliphatic heterocycles. The summed E-state index contributed by atoms with van der Waals surface area (Å²) in [4.78, 5) is 23.4. The van der Waals surface area contributed by atoms with Crippen molar-refractivity contribution in [2.45, 2.75) is 25.0 Å². The van der Waals surface area contributed by atoms with Gasteiger partial charge in [0.2, 0.25) is 0 Å². The van der Waals surface area contributed by atoms with Crippen LogP contribution in [-0.2, 0) is 6.42 Å². The zero-order chi connectivity index (χ0) is 22.8. The van der Waals surface area contributed by atoms with E-state index < -0.39 is 29.6 Å². The minimum Gasteiger partial charge on any atom is -0.397 e. The molecular weight excluding hydrogens is 416 g/mol. The van der Waals surface area contributed by atoms with Crippen LogP contribution in [0, 0.1) is 11.6 Å². The van der Waals surface area contributed by atoms with Crippen LogP contribution >= 0.6 is 0 Å². The van der Waals surface area contributed by atoms with E-state index in [1.807, 2.05) is 4.90 Å². The minimum atomic E-state index is -0.779. The van der Waals surface area contributed by atoms with Crippen molar-refractivity contribution in [1.29, 1.82) is 0 Å². The fourth-order valence-corrected chi connectivity index (χ4v) is 3.88. The molecule has 2 atom stereocenters. The van der Waals surface area contributed by atoms with Crippen molar-refractivity contribution in [3.8, 4) is 11.3 Å². The number of hydrogen-bond acceptors (Lipinski definition) is 7. The number of halogens is 2. The Labute approximate surface area is 183 Å². The summed E-state index contributed by atoms with van der Waals surface area (Å²) in [5.41, 5.74) is 13.1. The second kappa shape index (κ2) is 8.97. The van der Waals surface area contributed by atoms with E-state index in [4.69, 9.17) is 11.5 Å². The highest BCUT2D eigenvalue weighted by Gasteiger charge is 2.27. The maximum atomic E-state index is 14.2. The van der Waals surface area contributed by atoms with Crippen LogP contribution in [0.1, 0.15) is 22.5 Å². The molecule has 1 saturated heterocycles. The fraction of sp³-hybridized carbons (Fsp3) is 0.261. The molecule has 9 heteroatoms. The first kappa shape index (κ1) is 21.8. The number of ketones is 1. The molecule has 0 spiro atoms. The Morgan fingerprint density at radius 1 is 1.19 bits per heavy atom. The molecular formula is C23H23F2N5O2. The van der Waals surface area contributed by atoms with Gasteiger partial charge in [0, 0.05) is 49.2 Å². The summed E-state index contributed by atoms with van der Waals surface area (Å²) in [6, 6.07) is 7.69. The number of hydrogen-bond donors (Lipinski definition) is 3. The molecule has 3 aromatic rings. The Morgan fingerprint density at radius 3 is 2.66 bits per heavy atom. The Bertz CT molecular complexity index is 1140. The molecule has 2 aromatic heterocycles. The molecule has 0 bridgehead atoms. The van der Waals surface area contributed by atoms with Crippen LogP contribution in [0.2, 0.25) is 0 Å². The molecule has 0 radical (unpaired) electrons. The summed E-state index contributed by atoms with van der Waals surface area (Å²) in [6.07, 6.45) is 3.09. The predicted octanol–water partition coefficient (Wildman–Crippen LogP) is 2.33. The lowest BCUT2D eigenvalue weighted by atomic mass is 10.00. The second-order valence-electron chi connectivity index (χ2n) is 7.80. The maximum Gasteiger partial charge on any atom is 0.187 e. The van der Waals surface area contributed by atoms with E-state index in [0.717, 1.165) is 17.8 Å². The monoisotopic (exact) mass is 439 g/mol. The molecule has 166 valence electrons. The van der Waals surface area contributed by atoms with E-state index in [0.29, 0.717) is 25.1 Å². The van der Waals surface area contributed by atoms with E-state index in [-0.39, 0.29) is 29.1 Å². The lowest BCUT2D eigenvalue weighted by Crippen LogP contribution is -2.51. The number of benzene rings is 1. The largest absolute Gasteiger partial charge is 0.397 e. The fourth-order valence-electron chi connectivity index (χ4n) is 3.88. The number of aliphatic hydroxyl groups is 1. The third kappa shape index (κ3) is 4.30. The summed E-state index contributed by atoms with van der Waals surface area (Å²) in [5.74, 6) is -1.96. The van der Waals surface area contributed by atoms with Crippen LogP contribution in [0.25, 0.3) is 11.3 Å². The lowest BCUT2D eigenvalue weighted by molar-refractivity contribution is 0.0988. The average Bonchev–Trinajstić information content (AvgIpc) is 2.77. The third-order valence-corrected chi connectivity index (χ3v) is 5.60. The normalized spacial score (nSPS) is 18.6. The van der Waals surface area contributed by atoms with Gasteiger partial charge in [-0.05, 0) is 36.8 Å². The SMILES string of the molecule is Nc1ccc(-c2c(F)cccc2F)nc1C(=O)Cc1cnccc1N1CC[C@@H](O)[C@H](N)C1. The van der Waals surface area contributed by atoms with Gasteiger partial charge in [-0.15, -0.1) is 0 Å². The van der Waals surface area contributed by atoms with Gasteiger partial charge in [-0.3, -0.25) is 9.78 Å². The standard InChI is InChI=1S/C23H23F2N5O2/c24-14-2-1-3-15(25)22(14)18-5-4-16(26)23(29-18)21(32)10-13-11-28-8-6-19(13)30-9-7-20(31)17(27)12-30/h1-6,8,11,17,20,31H,7,9-10,12,26-27H2/t17-,20-/m1/s1. The first-order chi connectivity index (χ1) is 15.3. The van der Waals surface area contributed by atoms with Crippen LogP contribution in [0.3, 0.4) is 0 Å². The second-order valence-corrected chi connectivity index (χ2v) is 7.80. The van der Waals surface area contributed by atoms with Gasteiger partial charge in [-0.1, -0.05) is 6.07 Å². The lowest BCUT2D eigenvalue weighted by Gasteiger charge is -2.36. The Kier molecular flexibility index (Phi) is 6.11. The number of aromatic nitrogens is 2. The van der Waals surface area contributed by atoms with Gasteiger partial charge in [0.1, 0.15) is 17.3 Å². The minimum absolute atomic E-state index is 0.0134. The quantitative estimate of drug-likeness (QED) is 0.522. The van der Waals surface area contributed by atoms with E-state index in [9.17, 15) is 18.7 Å². The van der Waals surface area contributed by atoms with E-state index in [2.05, 4.69) is 9.97 Å². The zero-order valence-electron chi connectivity index (χ0n) is 17.2. The third-order valence-electron chi connectivity index (χ3n) is 5.60. The van der Waals surface area contributed by atoms with Crippen molar-refractivity contribution in [3.05, 3.63) is 71.7 Å². The summed E-state index contributed by atoms with van der Waals surface area (Å²) >= 11 is 0. The topological polar surface area (TPSA) is 118 Å². The molecule has 0 saturated carbocycles. The molecule has 3 heterocycles. The van der Waals surface area contributed by atoms with Crippen LogP contribution < -0.4 is 16.4 Å². The average molecular weight is 439 g/mol. The van der Waals surface area contributed by atoms with Crippen LogP contribution in [0.4, 0.5) is 20.2 Å². The van der Waals surface area contributed by atoms with Crippen molar-refractivity contribution in [2.24, 2.45) is 5.73 Å². The summed E-state index contributed by atoms with van der Waals surface area (Å²) < 4.78 is 28.4. The van der Waals surface area contributed by atoms with Crippen molar-refractivity contribution in [1.82, 2.24) is 9.97 Å². The first-order valence-electron chi connectivity index (χ1n) is 10.2. The highest BCUT2D eigenvalue weighted by molar-refractivity contribution is 6.01. The first-order valence-corrected chi connectivity index (χ1v) is 10.2. The van der Waals surface area contributed by atoms with Gasteiger partial charge in [0.05, 0.1) is 23.0 Å². The molecule has 1 aliphatic rings. The molecule has 7 nitrogen and oxygen atoms in total. The number of carbonyl (C=O) groups is 1. The molecule has 0 aliphatic carbocycles. The number of nitrogens with two attached hydrogens (primary N) is 2. The molecule has 0 amide bonds. The van der Waals surface area contributed by atoms with Gasteiger partial charge < -0.3 is 21.5 Å². The van der Waals surface area contributed by atoms with Gasteiger partial charge in [-0.25, -0.2) is 13.8 Å². The van der Waals surface area contributed by atoms with E-state index in [1.165, 1.54) is 18.2 Å². The number of anilines is 2. The summed E-state index contributed by atoms with van der Waals surface area (Å²) in [7, 11) is 0. The van der Waals surface area contributed by atoms with Gasteiger partial charge in [0.15, 0.2) is 5.78 Å². The number of Topliss-reactive ketones (excluding diaryl/α,β-unsaturated/α-hetero) is 1. The number of aliphatic hydroxyl groups excluding tert-OH is 1. The van der Waals surface area contributed by atoms with Crippen LogP contribution in [0.5, 0.6) is 0 Å². The van der Waals surface area contributed by atoms with Crippen LogP contribution in [0.15, 0.2) is 48.8 Å². The van der Waals surface area contributed by atoms with E-state index >= 15 is 0 Å².